The summed E-state index contributed by atoms with van der Waals surface area (Å²) < 4.78 is 17.7. The molecule has 0 bridgehead atoms. The minimum atomic E-state index is -0.260. The Bertz CT molecular complexity index is 466. The number of rotatable bonds is 6. The smallest absolute Gasteiger partial charge is 0.461 e. The predicted octanol–water partition coefficient (Wildman–Crippen LogP) is 4.50. The van der Waals surface area contributed by atoms with Crippen molar-refractivity contribution in [3.63, 3.8) is 0 Å². The average Bonchev–Trinajstić information content (AvgIpc) is 2.68. The van der Waals surface area contributed by atoms with Crippen molar-refractivity contribution in [1.29, 1.82) is 0 Å². The molecule has 0 aromatic heterocycles. The Balaban J connectivity index is 2.10. The number of hydrogen-bond acceptors (Lipinski definition) is 3. The molecule has 1 heterocycles. The molecule has 1 aromatic rings. The standard InChI is InChI=1S/C18H29BO3/c1-7-8-15(13-14-9-11-16(20-6)12-10-14)19-21-17(2,3)18(4,5)22-19/h9-12,15H,7-8,13H2,1-6H3. The van der Waals surface area contributed by atoms with Crippen LogP contribution in [0.15, 0.2) is 24.3 Å². The van der Waals surface area contributed by atoms with Gasteiger partial charge in [0, 0.05) is 0 Å². The Morgan fingerprint density at radius 3 is 2.05 bits per heavy atom. The molecule has 1 fully saturated rings. The lowest BCUT2D eigenvalue weighted by Crippen LogP contribution is -2.41. The largest absolute Gasteiger partial charge is 0.497 e. The number of ether oxygens (including phenoxy) is 1. The van der Waals surface area contributed by atoms with Gasteiger partial charge in [0.05, 0.1) is 18.3 Å². The van der Waals surface area contributed by atoms with E-state index in [9.17, 15) is 0 Å². The summed E-state index contributed by atoms with van der Waals surface area (Å²) in [7, 11) is 1.56. The lowest BCUT2D eigenvalue weighted by atomic mass is 9.66. The van der Waals surface area contributed by atoms with Gasteiger partial charge in [-0.05, 0) is 57.6 Å². The molecule has 0 aliphatic carbocycles. The van der Waals surface area contributed by atoms with Crippen LogP contribution in [0.5, 0.6) is 5.75 Å². The van der Waals surface area contributed by atoms with E-state index in [1.54, 1.807) is 7.11 Å². The van der Waals surface area contributed by atoms with Crippen LogP contribution >= 0.6 is 0 Å². The van der Waals surface area contributed by atoms with E-state index in [0.717, 1.165) is 25.0 Å². The fourth-order valence-electron chi connectivity index (χ4n) is 2.85. The molecule has 22 heavy (non-hydrogen) atoms. The second-order valence-corrected chi connectivity index (χ2v) is 7.23. The quantitative estimate of drug-likeness (QED) is 0.724. The maximum absolute atomic E-state index is 6.25. The molecule has 1 aromatic carbocycles. The van der Waals surface area contributed by atoms with Crippen LogP contribution in [0.1, 0.15) is 53.0 Å². The molecule has 1 unspecified atom stereocenters. The Labute approximate surface area is 135 Å². The normalized spacial score (nSPS) is 20.9. The third-order valence-corrected chi connectivity index (χ3v) is 4.97. The van der Waals surface area contributed by atoms with Gasteiger partial charge in [-0.15, -0.1) is 0 Å². The van der Waals surface area contributed by atoms with Gasteiger partial charge >= 0.3 is 7.12 Å². The van der Waals surface area contributed by atoms with Gasteiger partial charge in [0.25, 0.3) is 0 Å². The summed E-state index contributed by atoms with van der Waals surface area (Å²) in [5, 5.41) is 0. The maximum atomic E-state index is 6.25. The summed E-state index contributed by atoms with van der Waals surface area (Å²) in [6, 6.07) is 8.30. The minimum absolute atomic E-state index is 0.132. The maximum Gasteiger partial charge on any atom is 0.461 e. The van der Waals surface area contributed by atoms with Gasteiger partial charge in [-0.25, -0.2) is 0 Å². The lowest BCUT2D eigenvalue weighted by molar-refractivity contribution is 0.00578. The first-order valence-corrected chi connectivity index (χ1v) is 8.27. The van der Waals surface area contributed by atoms with Gasteiger partial charge in [0.2, 0.25) is 0 Å². The molecule has 0 saturated carbocycles. The van der Waals surface area contributed by atoms with Gasteiger partial charge in [-0.1, -0.05) is 31.9 Å². The molecule has 1 atom stereocenters. The van der Waals surface area contributed by atoms with Gasteiger partial charge in [0.15, 0.2) is 0 Å². The van der Waals surface area contributed by atoms with E-state index < -0.39 is 0 Å². The topological polar surface area (TPSA) is 27.7 Å². The molecule has 0 spiro atoms. The highest BCUT2D eigenvalue weighted by Gasteiger charge is 2.53. The minimum Gasteiger partial charge on any atom is -0.497 e. The van der Waals surface area contributed by atoms with Gasteiger partial charge in [-0.2, -0.15) is 0 Å². The molecular weight excluding hydrogens is 275 g/mol. The van der Waals surface area contributed by atoms with Gasteiger partial charge in [-0.3, -0.25) is 0 Å². The number of benzene rings is 1. The molecule has 0 radical (unpaired) electrons. The van der Waals surface area contributed by atoms with Crippen LogP contribution in [-0.4, -0.2) is 25.4 Å². The first kappa shape index (κ1) is 17.4. The molecule has 1 aliphatic heterocycles. The first-order valence-electron chi connectivity index (χ1n) is 8.27. The fourth-order valence-corrected chi connectivity index (χ4v) is 2.85. The number of hydrogen-bond donors (Lipinski definition) is 0. The van der Waals surface area contributed by atoms with Crippen molar-refractivity contribution in [3.8, 4) is 5.75 Å². The summed E-state index contributed by atoms with van der Waals surface area (Å²) in [5.41, 5.74) is 0.779. The van der Waals surface area contributed by atoms with Gasteiger partial charge < -0.3 is 14.0 Å². The highest BCUT2D eigenvalue weighted by molar-refractivity contribution is 6.47. The van der Waals surface area contributed by atoms with Crippen molar-refractivity contribution in [3.05, 3.63) is 29.8 Å². The molecule has 0 N–H and O–H groups in total. The van der Waals surface area contributed by atoms with Crippen molar-refractivity contribution >= 4 is 7.12 Å². The third-order valence-electron chi connectivity index (χ3n) is 4.97. The SMILES string of the molecule is CCCC(Cc1ccc(OC)cc1)B1OC(C)(C)C(C)(C)O1. The second-order valence-electron chi connectivity index (χ2n) is 7.23. The van der Waals surface area contributed by atoms with E-state index in [1.165, 1.54) is 5.56 Å². The molecule has 122 valence electrons. The van der Waals surface area contributed by atoms with E-state index in [2.05, 4.69) is 46.8 Å². The zero-order valence-electron chi connectivity index (χ0n) is 14.8. The first-order chi connectivity index (χ1) is 10.3. The molecule has 2 rings (SSSR count). The Kier molecular flexibility index (Phi) is 5.23. The van der Waals surface area contributed by atoms with Crippen LogP contribution in [0.4, 0.5) is 0 Å². The van der Waals surface area contributed by atoms with E-state index >= 15 is 0 Å². The number of methoxy groups -OCH3 is 1. The zero-order valence-corrected chi connectivity index (χ0v) is 14.8. The second kappa shape index (κ2) is 6.63. The van der Waals surface area contributed by atoms with Crippen molar-refractivity contribution in [2.45, 2.75) is 70.9 Å². The van der Waals surface area contributed by atoms with E-state index in [4.69, 9.17) is 14.0 Å². The summed E-state index contributed by atoms with van der Waals surface area (Å²) in [5.74, 6) is 1.27. The monoisotopic (exact) mass is 304 g/mol. The van der Waals surface area contributed by atoms with E-state index in [0.29, 0.717) is 5.82 Å². The summed E-state index contributed by atoms with van der Waals surface area (Å²) in [4.78, 5) is 0. The lowest BCUT2D eigenvalue weighted by Gasteiger charge is -2.32. The summed E-state index contributed by atoms with van der Waals surface area (Å²) >= 11 is 0. The Hall–Kier alpha value is -0.995. The summed E-state index contributed by atoms with van der Waals surface area (Å²) in [6.07, 6.45) is 3.20. The van der Waals surface area contributed by atoms with E-state index in [1.807, 2.05) is 12.1 Å². The predicted molar refractivity (Wildman–Crippen MR) is 91.4 cm³/mol. The van der Waals surface area contributed by atoms with Gasteiger partial charge in [0.1, 0.15) is 5.75 Å². The molecular formula is C18H29BO3. The van der Waals surface area contributed by atoms with Crippen LogP contribution < -0.4 is 4.74 Å². The van der Waals surface area contributed by atoms with Crippen LogP contribution in [0.25, 0.3) is 0 Å². The van der Waals surface area contributed by atoms with Crippen LogP contribution in [-0.2, 0) is 15.7 Å². The molecule has 0 amide bonds. The zero-order chi connectivity index (χ0) is 16.4. The average molecular weight is 304 g/mol. The van der Waals surface area contributed by atoms with Crippen molar-refractivity contribution in [2.24, 2.45) is 0 Å². The fraction of sp³-hybridized carbons (Fsp3) is 0.667. The molecule has 1 aliphatic rings. The van der Waals surface area contributed by atoms with Crippen LogP contribution in [0.3, 0.4) is 0 Å². The van der Waals surface area contributed by atoms with Crippen molar-refractivity contribution < 1.29 is 14.0 Å². The van der Waals surface area contributed by atoms with Crippen LogP contribution in [0, 0.1) is 0 Å². The highest BCUT2D eigenvalue weighted by Crippen LogP contribution is 2.42. The molecule has 1 saturated heterocycles. The highest BCUT2D eigenvalue weighted by atomic mass is 16.7. The third kappa shape index (κ3) is 3.66. The van der Waals surface area contributed by atoms with Crippen molar-refractivity contribution in [1.82, 2.24) is 0 Å². The molecule has 3 nitrogen and oxygen atoms in total. The Morgan fingerprint density at radius 2 is 1.59 bits per heavy atom. The van der Waals surface area contributed by atoms with Crippen molar-refractivity contribution in [2.75, 3.05) is 7.11 Å². The summed E-state index contributed by atoms with van der Waals surface area (Å²) in [6.45, 7) is 10.7. The Morgan fingerprint density at radius 1 is 1.05 bits per heavy atom. The van der Waals surface area contributed by atoms with E-state index in [-0.39, 0.29) is 18.3 Å². The van der Waals surface area contributed by atoms with Crippen LogP contribution in [0.2, 0.25) is 5.82 Å². The molecule has 4 heteroatoms.